The molecule has 134 valence electrons. The van der Waals surface area contributed by atoms with Crippen LogP contribution in [-0.2, 0) is 14.4 Å². The average molecular weight is 373 g/mol. The first-order valence-corrected chi connectivity index (χ1v) is 9.21. The molecule has 8 heteroatoms. The smallest absolute Gasteiger partial charge is 0.233 e. The highest BCUT2D eigenvalue weighted by molar-refractivity contribution is 7.22. The SMILES string of the molecule is O=C(CCN1C(=O)[C@@H]2CC=CC[C@H]2C1=O)Nc1nc2ccc(F)cc2s1. The van der Waals surface area contributed by atoms with Gasteiger partial charge in [-0.3, -0.25) is 19.3 Å². The van der Waals surface area contributed by atoms with E-state index in [1.54, 1.807) is 6.07 Å². The lowest BCUT2D eigenvalue weighted by Gasteiger charge is -2.14. The number of amides is 3. The van der Waals surface area contributed by atoms with Gasteiger partial charge in [0.15, 0.2) is 5.13 Å². The van der Waals surface area contributed by atoms with Crippen LogP contribution in [0.5, 0.6) is 0 Å². The molecule has 26 heavy (non-hydrogen) atoms. The lowest BCUT2D eigenvalue weighted by Crippen LogP contribution is -2.34. The Morgan fingerprint density at radius 2 is 1.92 bits per heavy atom. The predicted molar refractivity (Wildman–Crippen MR) is 94.9 cm³/mol. The van der Waals surface area contributed by atoms with Crippen LogP contribution in [0, 0.1) is 17.7 Å². The van der Waals surface area contributed by atoms with Crippen molar-refractivity contribution in [1.29, 1.82) is 0 Å². The summed E-state index contributed by atoms with van der Waals surface area (Å²) in [6, 6.07) is 4.22. The van der Waals surface area contributed by atoms with Crippen LogP contribution in [0.15, 0.2) is 30.4 Å². The predicted octanol–water partition coefficient (Wildman–Crippen LogP) is 2.72. The maximum Gasteiger partial charge on any atom is 0.233 e. The summed E-state index contributed by atoms with van der Waals surface area (Å²) in [5.74, 6) is -1.64. The summed E-state index contributed by atoms with van der Waals surface area (Å²) in [5.41, 5.74) is 0.605. The summed E-state index contributed by atoms with van der Waals surface area (Å²) < 4.78 is 13.9. The molecule has 6 nitrogen and oxygen atoms in total. The maximum atomic E-state index is 13.2. The van der Waals surface area contributed by atoms with Gasteiger partial charge in [-0.25, -0.2) is 9.37 Å². The fourth-order valence-corrected chi connectivity index (χ4v) is 4.34. The minimum Gasteiger partial charge on any atom is -0.302 e. The van der Waals surface area contributed by atoms with Crippen LogP contribution in [0.4, 0.5) is 9.52 Å². The van der Waals surface area contributed by atoms with Crippen molar-refractivity contribution < 1.29 is 18.8 Å². The van der Waals surface area contributed by atoms with Gasteiger partial charge in [-0.2, -0.15) is 0 Å². The number of hydrogen-bond donors (Lipinski definition) is 1. The zero-order chi connectivity index (χ0) is 18.3. The van der Waals surface area contributed by atoms with Crippen LogP contribution in [-0.4, -0.2) is 34.2 Å². The second-order valence-electron chi connectivity index (χ2n) is 6.41. The number of imide groups is 1. The van der Waals surface area contributed by atoms with E-state index < -0.39 is 0 Å². The number of thiazole rings is 1. The third kappa shape index (κ3) is 3.01. The molecule has 1 N–H and O–H groups in total. The van der Waals surface area contributed by atoms with Crippen LogP contribution in [0.3, 0.4) is 0 Å². The van der Waals surface area contributed by atoms with E-state index in [1.807, 2.05) is 12.2 Å². The number of carbonyl (C=O) groups excluding carboxylic acids is 3. The molecule has 0 radical (unpaired) electrons. The van der Waals surface area contributed by atoms with Gasteiger partial charge >= 0.3 is 0 Å². The van der Waals surface area contributed by atoms with E-state index in [0.29, 0.717) is 28.2 Å². The van der Waals surface area contributed by atoms with Crippen molar-refractivity contribution in [3.63, 3.8) is 0 Å². The minimum absolute atomic E-state index is 0.00857. The number of halogens is 1. The molecule has 0 unspecified atom stereocenters. The van der Waals surface area contributed by atoms with Gasteiger partial charge in [0, 0.05) is 13.0 Å². The van der Waals surface area contributed by atoms with Crippen molar-refractivity contribution >= 4 is 44.4 Å². The van der Waals surface area contributed by atoms with Gasteiger partial charge in [-0.15, -0.1) is 0 Å². The Balaban J connectivity index is 1.37. The van der Waals surface area contributed by atoms with E-state index in [0.717, 1.165) is 0 Å². The molecule has 3 amide bonds. The quantitative estimate of drug-likeness (QED) is 0.660. The number of rotatable bonds is 4. The Bertz CT molecular complexity index is 913. The van der Waals surface area contributed by atoms with Crippen molar-refractivity contribution in [2.75, 3.05) is 11.9 Å². The highest BCUT2D eigenvalue weighted by Crippen LogP contribution is 2.35. The van der Waals surface area contributed by atoms with Crippen LogP contribution >= 0.6 is 11.3 Å². The Morgan fingerprint density at radius 3 is 2.62 bits per heavy atom. The number of hydrogen-bond acceptors (Lipinski definition) is 5. The molecule has 4 rings (SSSR count). The normalized spacial score (nSPS) is 22.1. The molecular weight excluding hydrogens is 357 g/mol. The number of benzene rings is 1. The molecular formula is C18H16FN3O3S. The number of nitrogens with zero attached hydrogens (tertiary/aromatic N) is 2. The number of allylic oxidation sites excluding steroid dienone is 2. The topological polar surface area (TPSA) is 79.4 Å². The van der Waals surface area contributed by atoms with Crippen molar-refractivity contribution in [3.05, 3.63) is 36.2 Å². The van der Waals surface area contributed by atoms with Crippen molar-refractivity contribution in [1.82, 2.24) is 9.88 Å². The fraction of sp³-hybridized carbons (Fsp3) is 0.333. The van der Waals surface area contributed by atoms with E-state index in [9.17, 15) is 18.8 Å². The molecule has 2 aromatic rings. The summed E-state index contributed by atoms with van der Waals surface area (Å²) in [7, 11) is 0. The zero-order valence-corrected chi connectivity index (χ0v) is 14.6. The average Bonchev–Trinajstić information content (AvgIpc) is 3.12. The number of fused-ring (bicyclic) bond motifs is 2. The van der Waals surface area contributed by atoms with Crippen LogP contribution in [0.25, 0.3) is 10.2 Å². The van der Waals surface area contributed by atoms with Gasteiger partial charge in [0.25, 0.3) is 0 Å². The molecule has 0 bridgehead atoms. The lowest BCUT2D eigenvalue weighted by atomic mass is 9.85. The third-order valence-corrected chi connectivity index (χ3v) is 5.69. The number of nitrogens with one attached hydrogen (secondary N) is 1. The van der Waals surface area contributed by atoms with Crippen molar-refractivity contribution in [2.24, 2.45) is 11.8 Å². The van der Waals surface area contributed by atoms with Gasteiger partial charge in [-0.05, 0) is 31.0 Å². The standard InChI is InChI=1S/C18H16FN3O3S/c19-10-5-6-13-14(9-10)26-18(20-13)21-15(23)7-8-22-16(24)11-3-1-2-4-12(11)17(22)25/h1-2,5-6,9,11-12H,3-4,7-8H2,(H,20,21,23)/t11-,12-/m1/s1. The molecule has 0 saturated carbocycles. The van der Waals surface area contributed by atoms with E-state index in [-0.39, 0.29) is 48.3 Å². The summed E-state index contributed by atoms with van der Waals surface area (Å²) in [6.45, 7) is 0.0655. The molecule has 1 aromatic carbocycles. The van der Waals surface area contributed by atoms with Gasteiger partial charge < -0.3 is 5.32 Å². The van der Waals surface area contributed by atoms with Crippen LogP contribution in [0.1, 0.15) is 19.3 Å². The maximum absolute atomic E-state index is 13.2. The molecule has 1 fully saturated rings. The summed E-state index contributed by atoms with van der Waals surface area (Å²) in [6.07, 6.45) is 5.03. The first-order valence-electron chi connectivity index (χ1n) is 8.39. The highest BCUT2D eigenvalue weighted by atomic mass is 32.1. The number of anilines is 1. The number of carbonyl (C=O) groups is 3. The largest absolute Gasteiger partial charge is 0.302 e. The molecule has 2 aliphatic rings. The Morgan fingerprint density at radius 1 is 1.23 bits per heavy atom. The first-order chi connectivity index (χ1) is 12.5. The van der Waals surface area contributed by atoms with E-state index in [4.69, 9.17) is 0 Å². The van der Waals surface area contributed by atoms with Crippen molar-refractivity contribution in [2.45, 2.75) is 19.3 Å². The van der Waals surface area contributed by atoms with Crippen molar-refractivity contribution in [3.8, 4) is 0 Å². The second kappa shape index (κ2) is 6.60. The van der Waals surface area contributed by atoms with Gasteiger partial charge in [0.2, 0.25) is 17.7 Å². The molecule has 1 saturated heterocycles. The van der Waals surface area contributed by atoms with E-state index in [2.05, 4.69) is 10.3 Å². The summed E-state index contributed by atoms with van der Waals surface area (Å²) in [5, 5.41) is 3.02. The Kier molecular flexibility index (Phi) is 4.28. The highest BCUT2D eigenvalue weighted by Gasteiger charge is 2.46. The number of aromatic nitrogens is 1. The van der Waals surface area contributed by atoms with E-state index >= 15 is 0 Å². The minimum atomic E-state index is -0.360. The first kappa shape index (κ1) is 16.8. The van der Waals surface area contributed by atoms with Crippen LogP contribution in [0.2, 0.25) is 0 Å². The molecule has 1 aromatic heterocycles. The van der Waals surface area contributed by atoms with Gasteiger partial charge in [0.05, 0.1) is 22.1 Å². The molecule has 0 spiro atoms. The molecule has 1 aliphatic carbocycles. The zero-order valence-electron chi connectivity index (χ0n) is 13.8. The van der Waals surface area contributed by atoms with E-state index in [1.165, 1.54) is 28.4 Å². The Labute approximate surface area is 152 Å². The molecule has 1 aliphatic heterocycles. The lowest BCUT2D eigenvalue weighted by molar-refractivity contribution is -0.140. The fourth-order valence-electron chi connectivity index (χ4n) is 3.44. The Hall–Kier alpha value is -2.61. The van der Waals surface area contributed by atoms with Gasteiger partial charge in [0.1, 0.15) is 5.82 Å². The second-order valence-corrected chi connectivity index (χ2v) is 7.44. The summed E-state index contributed by atoms with van der Waals surface area (Å²) >= 11 is 1.18. The monoisotopic (exact) mass is 373 g/mol. The number of likely N-dealkylation sites (tertiary alicyclic amines) is 1. The summed E-state index contributed by atoms with van der Waals surface area (Å²) in [4.78, 5) is 42.3. The van der Waals surface area contributed by atoms with Crippen LogP contribution < -0.4 is 5.32 Å². The molecule has 2 heterocycles. The molecule has 2 atom stereocenters. The van der Waals surface area contributed by atoms with Gasteiger partial charge in [-0.1, -0.05) is 23.5 Å². The third-order valence-electron chi connectivity index (χ3n) is 4.76.